The molecule has 0 spiro atoms. The molecule has 0 aromatic rings. The van der Waals surface area contributed by atoms with Crippen LogP contribution in [0.15, 0.2) is 71.8 Å². The molecule has 3 nitrogen and oxygen atoms in total. The van der Waals surface area contributed by atoms with E-state index in [-0.39, 0.29) is 0 Å². The van der Waals surface area contributed by atoms with Gasteiger partial charge in [0.05, 0.1) is 5.70 Å². The van der Waals surface area contributed by atoms with Crippen molar-refractivity contribution in [2.45, 2.75) is 33.1 Å². The van der Waals surface area contributed by atoms with Gasteiger partial charge in [-0.15, -0.1) is 0 Å². The number of likely N-dealkylation sites (tertiary alicyclic amines) is 1. The summed E-state index contributed by atoms with van der Waals surface area (Å²) in [5.74, 6) is 0. The lowest BCUT2D eigenvalue weighted by Gasteiger charge is -2.22. The minimum Gasteiger partial charge on any atom is -0.376 e. The maximum atomic E-state index is 4.31. The fourth-order valence-corrected chi connectivity index (χ4v) is 3.59. The molecule has 2 aliphatic heterocycles. The zero-order valence-electron chi connectivity index (χ0n) is 17.1. The van der Waals surface area contributed by atoms with Crippen LogP contribution in [0.5, 0.6) is 0 Å². The second-order valence-corrected chi connectivity index (χ2v) is 7.36. The maximum Gasteiger partial charge on any atom is 0.0555 e. The molecule has 0 radical (unpaired) electrons. The SMILES string of the molecule is C=C/C=C(\C=C(/C)N1CCCC1)C(=C)/C=C\C1=C(C)N(C)CCCN1C. The lowest BCUT2D eigenvalue weighted by Crippen LogP contribution is -2.18. The molecule has 0 aromatic carbocycles. The van der Waals surface area contributed by atoms with Crippen LogP contribution in [0.4, 0.5) is 0 Å². The Morgan fingerprint density at radius 1 is 1.00 bits per heavy atom. The first-order chi connectivity index (χ1) is 12.4. The van der Waals surface area contributed by atoms with Gasteiger partial charge in [-0.3, -0.25) is 0 Å². The summed E-state index contributed by atoms with van der Waals surface area (Å²) in [6.45, 7) is 17.1. The lowest BCUT2D eigenvalue weighted by atomic mass is 10.0. The first kappa shape index (κ1) is 20.2. The summed E-state index contributed by atoms with van der Waals surface area (Å²) >= 11 is 0. The highest BCUT2D eigenvalue weighted by Gasteiger charge is 2.14. The molecule has 0 unspecified atom stereocenters. The van der Waals surface area contributed by atoms with Crippen molar-refractivity contribution in [3.05, 3.63) is 71.8 Å². The van der Waals surface area contributed by atoms with Crippen LogP contribution in [0.1, 0.15) is 33.1 Å². The van der Waals surface area contributed by atoms with E-state index >= 15 is 0 Å². The van der Waals surface area contributed by atoms with Crippen LogP contribution in [-0.2, 0) is 0 Å². The number of likely N-dealkylation sites (N-methyl/N-ethyl adjacent to an activating group) is 1. The first-order valence-electron chi connectivity index (χ1n) is 9.70. The van der Waals surface area contributed by atoms with E-state index in [4.69, 9.17) is 0 Å². The molecule has 1 fully saturated rings. The van der Waals surface area contributed by atoms with Crippen molar-refractivity contribution < 1.29 is 0 Å². The highest BCUT2D eigenvalue weighted by molar-refractivity contribution is 5.48. The van der Waals surface area contributed by atoms with Gasteiger partial charge in [0.1, 0.15) is 0 Å². The molecule has 26 heavy (non-hydrogen) atoms. The Balaban J connectivity index is 2.20. The van der Waals surface area contributed by atoms with Gasteiger partial charge in [0.15, 0.2) is 0 Å². The van der Waals surface area contributed by atoms with Crippen LogP contribution in [0, 0.1) is 0 Å². The normalized spacial score (nSPS) is 20.2. The Kier molecular flexibility index (Phi) is 7.38. The third kappa shape index (κ3) is 5.17. The number of nitrogens with zero attached hydrogens (tertiary/aromatic N) is 3. The van der Waals surface area contributed by atoms with E-state index in [0.717, 1.165) is 37.3 Å². The van der Waals surface area contributed by atoms with Crippen molar-refractivity contribution in [3.63, 3.8) is 0 Å². The average Bonchev–Trinajstić information content (AvgIpc) is 3.12. The molecule has 0 aliphatic carbocycles. The van der Waals surface area contributed by atoms with E-state index in [2.05, 4.69) is 80.1 Å². The molecule has 0 atom stereocenters. The topological polar surface area (TPSA) is 9.72 Å². The number of hydrogen-bond donors (Lipinski definition) is 0. The van der Waals surface area contributed by atoms with Crippen LogP contribution in [0.2, 0.25) is 0 Å². The van der Waals surface area contributed by atoms with Crippen LogP contribution in [-0.4, -0.2) is 55.0 Å². The van der Waals surface area contributed by atoms with Crippen molar-refractivity contribution in [2.24, 2.45) is 0 Å². The minimum atomic E-state index is 1.02. The summed E-state index contributed by atoms with van der Waals surface area (Å²) in [6, 6.07) is 0. The third-order valence-electron chi connectivity index (χ3n) is 5.42. The van der Waals surface area contributed by atoms with Crippen LogP contribution in [0.3, 0.4) is 0 Å². The van der Waals surface area contributed by atoms with Gasteiger partial charge < -0.3 is 14.7 Å². The monoisotopic (exact) mass is 353 g/mol. The van der Waals surface area contributed by atoms with Gasteiger partial charge in [-0.1, -0.05) is 31.4 Å². The number of hydrogen-bond acceptors (Lipinski definition) is 3. The summed E-state index contributed by atoms with van der Waals surface area (Å²) in [6.07, 6.45) is 14.2. The summed E-state index contributed by atoms with van der Waals surface area (Å²) in [7, 11) is 4.34. The quantitative estimate of drug-likeness (QED) is 0.640. The number of allylic oxidation sites excluding steroid dienone is 9. The molecule has 2 rings (SSSR count). The molecule has 0 N–H and O–H groups in total. The summed E-state index contributed by atoms with van der Waals surface area (Å²) in [4.78, 5) is 7.13. The highest BCUT2D eigenvalue weighted by Crippen LogP contribution is 2.22. The predicted octanol–water partition coefficient (Wildman–Crippen LogP) is 4.71. The Bertz CT molecular complexity index is 642. The molecular weight excluding hydrogens is 318 g/mol. The predicted molar refractivity (Wildman–Crippen MR) is 114 cm³/mol. The van der Waals surface area contributed by atoms with Gasteiger partial charge >= 0.3 is 0 Å². The van der Waals surface area contributed by atoms with Crippen molar-refractivity contribution >= 4 is 0 Å². The van der Waals surface area contributed by atoms with Gasteiger partial charge in [0, 0.05) is 51.7 Å². The lowest BCUT2D eigenvalue weighted by molar-refractivity contribution is 0.404. The first-order valence-corrected chi connectivity index (χ1v) is 9.70. The van der Waals surface area contributed by atoms with E-state index < -0.39 is 0 Å². The molecule has 2 aliphatic rings. The molecule has 0 bridgehead atoms. The van der Waals surface area contributed by atoms with Crippen LogP contribution >= 0.6 is 0 Å². The molecular formula is C23H35N3. The Morgan fingerprint density at radius 3 is 2.31 bits per heavy atom. The van der Waals surface area contributed by atoms with E-state index in [0.29, 0.717) is 0 Å². The Labute approximate surface area is 160 Å². The minimum absolute atomic E-state index is 1.02. The maximum absolute atomic E-state index is 4.31. The molecule has 0 aromatic heterocycles. The van der Waals surface area contributed by atoms with Crippen molar-refractivity contribution in [3.8, 4) is 0 Å². The highest BCUT2D eigenvalue weighted by atomic mass is 15.2. The smallest absolute Gasteiger partial charge is 0.0555 e. The second-order valence-electron chi connectivity index (χ2n) is 7.36. The fourth-order valence-electron chi connectivity index (χ4n) is 3.59. The standard InChI is InChI=1S/C23H35N3/c1-7-11-22(18-20(3)26-16-8-9-17-26)19(2)12-13-23-21(4)24(5)14-10-15-25(23)6/h7,11-13,18H,1-2,8-10,14-17H2,3-6H3/b13-12-,20-18+,22-11+. The second kappa shape index (κ2) is 9.51. The fraction of sp³-hybridized carbons (Fsp3) is 0.478. The molecule has 142 valence electrons. The molecule has 2 heterocycles. The third-order valence-corrected chi connectivity index (χ3v) is 5.42. The van der Waals surface area contributed by atoms with Gasteiger partial charge in [0.25, 0.3) is 0 Å². The zero-order valence-corrected chi connectivity index (χ0v) is 17.1. The van der Waals surface area contributed by atoms with E-state index in [1.165, 1.54) is 36.4 Å². The largest absolute Gasteiger partial charge is 0.376 e. The van der Waals surface area contributed by atoms with E-state index in [1.54, 1.807) is 0 Å². The zero-order chi connectivity index (χ0) is 19.1. The van der Waals surface area contributed by atoms with Gasteiger partial charge in [0.2, 0.25) is 0 Å². The van der Waals surface area contributed by atoms with Crippen molar-refractivity contribution in [2.75, 3.05) is 40.3 Å². The summed E-state index contributed by atoms with van der Waals surface area (Å²) in [5, 5.41) is 0. The van der Waals surface area contributed by atoms with Crippen molar-refractivity contribution in [1.82, 2.24) is 14.7 Å². The number of rotatable bonds is 6. The molecule has 3 heteroatoms. The molecule has 1 saturated heterocycles. The van der Waals surface area contributed by atoms with E-state index in [1.807, 2.05) is 6.08 Å². The van der Waals surface area contributed by atoms with Crippen LogP contribution < -0.4 is 0 Å². The van der Waals surface area contributed by atoms with Crippen LogP contribution in [0.25, 0.3) is 0 Å². The Morgan fingerprint density at radius 2 is 1.65 bits per heavy atom. The van der Waals surface area contributed by atoms with E-state index in [9.17, 15) is 0 Å². The Hall–Kier alpha value is -2.16. The summed E-state index contributed by atoms with van der Waals surface area (Å²) in [5.41, 5.74) is 6.04. The summed E-state index contributed by atoms with van der Waals surface area (Å²) < 4.78 is 0. The van der Waals surface area contributed by atoms with Gasteiger partial charge in [-0.25, -0.2) is 0 Å². The van der Waals surface area contributed by atoms with Crippen molar-refractivity contribution in [1.29, 1.82) is 0 Å². The average molecular weight is 354 g/mol. The van der Waals surface area contributed by atoms with Gasteiger partial charge in [-0.05, 0) is 56.4 Å². The van der Waals surface area contributed by atoms with Gasteiger partial charge in [-0.2, -0.15) is 0 Å². The molecule has 0 saturated carbocycles. The molecule has 0 amide bonds.